The Kier molecular flexibility index (Phi) is 7.59. The molecule has 0 aliphatic heterocycles. The van der Waals surface area contributed by atoms with Crippen LogP contribution in [0.25, 0.3) is 0 Å². The van der Waals surface area contributed by atoms with Gasteiger partial charge in [0.05, 0.1) is 16.1 Å². The lowest BCUT2D eigenvalue weighted by atomic mass is 10.1. The van der Waals surface area contributed by atoms with E-state index in [1.807, 2.05) is 0 Å². The fourth-order valence-electron chi connectivity index (χ4n) is 3.37. The molecule has 0 radical (unpaired) electrons. The molecule has 1 N–H and O–H groups in total. The van der Waals surface area contributed by atoms with Crippen LogP contribution in [0.15, 0.2) is 71.6 Å². The Morgan fingerprint density at radius 1 is 0.914 bits per heavy atom. The standard InChI is InChI=1S/C24H22F3NO6S/c1-3-16-5-14-21(15-22(16)23(29)30)35(31,32)28(4-2)17-6-8-18(9-7-17)33-19-10-12-20(13-11-19)34-24(25,26)27/h5-15H,3-4H2,1-2H3,(H,29,30). The van der Waals surface area contributed by atoms with Crippen LogP contribution >= 0.6 is 0 Å². The van der Waals surface area contributed by atoms with Crippen LogP contribution in [0.3, 0.4) is 0 Å². The molecule has 0 aliphatic rings. The molecule has 7 nitrogen and oxygen atoms in total. The van der Waals surface area contributed by atoms with Gasteiger partial charge in [-0.3, -0.25) is 4.31 Å². The summed E-state index contributed by atoms with van der Waals surface area (Å²) in [5, 5.41) is 9.44. The zero-order chi connectivity index (χ0) is 25.8. The van der Waals surface area contributed by atoms with Crippen molar-refractivity contribution in [1.82, 2.24) is 0 Å². The van der Waals surface area contributed by atoms with Crippen LogP contribution in [0.1, 0.15) is 29.8 Å². The summed E-state index contributed by atoms with van der Waals surface area (Å²) >= 11 is 0. The second kappa shape index (κ2) is 10.3. The van der Waals surface area contributed by atoms with Crippen molar-refractivity contribution in [2.45, 2.75) is 31.5 Å². The van der Waals surface area contributed by atoms with Gasteiger partial charge in [-0.25, -0.2) is 13.2 Å². The first-order valence-electron chi connectivity index (χ1n) is 10.5. The van der Waals surface area contributed by atoms with E-state index in [1.54, 1.807) is 13.8 Å². The molecule has 0 saturated heterocycles. The van der Waals surface area contributed by atoms with E-state index in [4.69, 9.17) is 4.74 Å². The highest BCUT2D eigenvalue weighted by Crippen LogP contribution is 2.30. The van der Waals surface area contributed by atoms with Crippen LogP contribution in [0, 0.1) is 0 Å². The Hall–Kier alpha value is -3.73. The van der Waals surface area contributed by atoms with Crippen molar-refractivity contribution in [3.05, 3.63) is 77.9 Å². The highest BCUT2D eigenvalue weighted by Gasteiger charge is 2.31. The van der Waals surface area contributed by atoms with Crippen molar-refractivity contribution in [3.8, 4) is 17.2 Å². The smallest absolute Gasteiger partial charge is 0.478 e. The number of anilines is 1. The van der Waals surface area contributed by atoms with Crippen LogP contribution < -0.4 is 13.8 Å². The summed E-state index contributed by atoms with van der Waals surface area (Å²) in [6.45, 7) is 3.51. The second-order valence-corrected chi connectivity index (χ2v) is 9.12. The lowest BCUT2D eigenvalue weighted by Gasteiger charge is -2.23. The topological polar surface area (TPSA) is 93.1 Å². The molecule has 0 aliphatic carbocycles. The minimum atomic E-state index is -4.79. The molecule has 0 unspecified atom stereocenters. The maximum atomic E-state index is 13.3. The van der Waals surface area contributed by atoms with E-state index in [1.165, 1.54) is 48.5 Å². The largest absolute Gasteiger partial charge is 0.573 e. The third-order valence-corrected chi connectivity index (χ3v) is 6.88. The van der Waals surface area contributed by atoms with E-state index < -0.39 is 22.4 Å². The molecule has 0 amide bonds. The molecular formula is C24H22F3NO6S. The summed E-state index contributed by atoms with van der Waals surface area (Å²) < 4.78 is 73.9. The monoisotopic (exact) mass is 509 g/mol. The van der Waals surface area contributed by atoms with E-state index in [2.05, 4.69) is 4.74 Å². The average Bonchev–Trinajstić information content (AvgIpc) is 2.80. The van der Waals surface area contributed by atoms with E-state index in [0.717, 1.165) is 22.5 Å². The number of carboxylic acids is 1. The number of carbonyl (C=O) groups is 1. The molecular weight excluding hydrogens is 487 g/mol. The first-order chi connectivity index (χ1) is 16.4. The number of sulfonamides is 1. The summed E-state index contributed by atoms with van der Waals surface area (Å²) in [6.07, 6.45) is -4.35. The predicted molar refractivity (Wildman–Crippen MR) is 123 cm³/mol. The second-order valence-electron chi connectivity index (χ2n) is 7.26. The first-order valence-corrected chi connectivity index (χ1v) is 11.9. The number of nitrogens with zero attached hydrogens (tertiary/aromatic N) is 1. The maximum Gasteiger partial charge on any atom is 0.573 e. The predicted octanol–water partition coefficient (Wildman–Crippen LogP) is 5.85. The normalized spacial score (nSPS) is 11.7. The molecule has 3 aromatic rings. The van der Waals surface area contributed by atoms with E-state index in [9.17, 15) is 31.5 Å². The number of rotatable bonds is 9. The number of halogens is 3. The van der Waals surface area contributed by atoms with Crippen molar-refractivity contribution in [3.63, 3.8) is 0 Å². The van der Waals surface area contributed by atoms with Crippen molar-refractivity contribution in [1.29, 1.82) is 0 Å². The van der Waals surface area contributed by atoms with Crippen molar-refractivity contribution < 1.29 is 41.0 Å². The zero-order valence-electron chi connectivity index (χ0n) is 18.7. The number of alkyl halides is 3. The molecule has 0 atom stereocenters. The number of benzene rings is 3. The van der Waals surface area contributed by atoms with Crippen molar-refractivity contribution >= 4 is 21.7 Å². The average molecular weight is 510 g/mol. The summed E-state index contributed by atoms with van der Waals surface area (Å²) in [4.78, 5) is 11.4. The Labute approximate surface area is 200 Å². The third kappa shape index (κ3) is 6.24. The molecule has 0 spiro atoms. The summed E-state index contributed by atoms with van der Waals surface area (Å²) in [6, 6.07) is 14.9. The van der Waals surface area contributed by atoms with Gasteiger partial charge in [0.25, 0.3) is 10.0 Å². The lowest BCUT2D eigenvalue weighted by molar-refractivity contribution is -0.274. The number of aromatic carboxylic acids is 1. The Bertz CT molecular complexity index is 1290. The van der Waals surface area contributed by atoms with Gasteiger partial charge in [0.15, 0.2) is 0 Å². The fourth-order valence-corrected chi connectivity index (χ4v) is 4.87. The summed E-state index contributed by atoms with van der Waals surface area (Å²) in [5.74, 6) is -1.01. The van der Waals surface area contributed by atoms with Crippen LogP contribution in [-0.4, -0.2) is 32.4 Å². The van der Waals surface area contributed by atoms with Crippen LogP contribution in [0.4, 0.5) is 18.9 Å². The van der Waals surface area contributed by atoms with Gasteiger partial charge >= 0.3 is 12.3 Å². The van der Waals surface area contributed by atoms with Gasteiger partial charge in [-0.05, 0) is 79.6 Å². The molecule has 0 fully saturated rings. The van der Waals surface area contributed by atoms with Crippen LogP contribution in [0.5, 0.6) is 17.2 Å². The van der Waals surface area contributed by atoms with Gasteiger partial charge in [0.1, 0.15) is 17.2 Å². The Balaban J connectivity index is 1.81. The zero-order valence-corrected chi connectivity index (χ0v) is 19.6. The molecule has 0 aromatic heterocycles. The van der Waals surface area contributed by atoms with Crippen molar-refractivity contribution in [2.75, 3.05) is 10.8 Å². The summed E-state index contributed by atoms with van der Waals surface area (Å²) in [7, 11) is -4.05. The first kappa shape index (κ1) is 25.9. The van der Waals surface area contributed by atoms with Gasteiger partial charge in [0.2, 0.25) is 0 Å². The Morgan fingerprint density at radius 3 is 1.94 bits per heavy atom. The van der Waals surface area contributed by atoms with E-state index in [-0.39, 0.29) is 28.5 Å². The van der Waals surface area contributed by atoms with Gasteiger partial charge in [0, 0.05) is 6.54 Å². The van der Waals surface area contributed by atoms with E-state index in [0.29, 0.717) is 23.4 Å². The molecule has 3 aromatic carbocycles. The van der Waals surface area contributed by atoms with E-state index >= 15 is 0 Å². The minimum Gasteiger partial charge on any atom is -0.478 e. The quantitative estimate of drug-likeness (QED) is 0.389. The number of carboxylic acid groups (broad SMARTS) is 1. The minimum absolute atomic E-state index is 0.0694. The number of hydrogen-bond acceptors (Lipinski definition) is 5. The van der Waals surface area contributed by atoms with Crippen LogP contribution in [-0.2, 0) is 16.4 Å². The lowest BCUT2D eigenvalue weighted by Crippen LogP contribution is -2.31. The van der Waals surface area contributed by atoms with Gasteiger partial charge in [-0.2, -0.15) is 0 Å². The molecule has 0 bridgehead atoms. The van der Waals surface area contributed by atoms with Gasteiger partial charge in [-0.15, -0.1) is 13.2 Å². The molecule has 35 heavy (non-hydrogen) atoms. The van der Waals surface area contributed by atoms with Crippen molar-refractivity contribution in [2.24, 2.45) is 0 Å². The highest BCUT2D eigenvalue weighted by molar-refractivity contribution is 7.92. The molecule has 0 saturated carbocycles. The van der Waals surface area contributed by atoms with Gasteiger partial charge in [-0.1, -0.05) is 13.0 Å². The Morgan fingerprint density at radius 2 is 1.46 bits per heavy atom. The fraction of sp³-hybridized carbons (Fsp3) is 0.208. The number of hydrogen-bond donors (Lipinski definition) is 1. The number of aryl methyl sites for hydroxylation is 1. The third-order valence-electron chi connectivity index (χ3n) is 4.99. The molecule has 0 heterocycles. The van der Waals surface area contributed by atoms with Crippen LogP contribution in [0.2, 0.25) is 0 Å². The maximum absolute atomic E-state index is 13.3. The van der Waals surface area contributed by atoms with Gasteiger partial charge < -0.3 is 14.6 Å². The SMILES string of the molecule is CCc1ccc(S(=O)(=O)N(CC)c2ccc(Oc3ccc(OC(F)(F)F)cc3)cc2)cc1C(=O)O. The molecule has 186 valence electrons. The molecule has 3 rings (SSSR count). The summed E-state index contributed by atoms with van der Waals surface area (Å²) in [5.41, 5.74) is 0.782. The number of ether oxygens (including phenoxy) is 2. The highest BCUT2D eigenvalue weighted by atomic mass is 32.2. The molecule has 11 heteroatoms.